The SMILES string of the molecule is COc1ccc(Nc2ccc3c(C(=O)N(C)C)cn(S(=O)(=O)c4cccnc4)c3c2)c(Cl)n1. The van der Waals surface area contributed by atoms with Crippen LogP contribution in [0, 0.1) is 0 Å². The molecule has 4 aromatic rings. The highest BCUT2D eigenvalue weighted by Gasteiger charge is 2.25. The second-order valence-corrected chi connectivity index (χ2v) is 9.45. The number of ether oxygens (including phenoxy) is 1. The molecule has 0 radical (unpaired) electrons. The van der Waals surface area contributed by atoms with Gasteiger partial charge in [-0.05, 0) is 36.4 Å². The molecule has 1 amide bonds. The van der Waals surface area contributed by atoms with E-state index in [4.69, 9.17) is 16.3 Å². The monoisotopic (exact) mass is 485 g/mol. The number of rotatable bonds is 6. The number of nitrogens with one attached hydrogen (secondary N) is 1. The summed E-state index contributed by atoms with van der Waals surface area (Å²) in [5, 5.41) is 3.81. The summed E-state index contributed by atoms with van der Waals surface area (Å²) in [4.78, 5) is 22.2. The molecule has 0 aliphatic rings. The van der Waals surface area contributed by atoms with Crippen molar-refractivity contribution in [1.82, 2.24) is 18.8 Å². The van der Waals surface area contributed by atoms with Gasteiger partial charge in [0.25, 0.3) is 15.9 Å². The number of hydrogen-bond acceptors (Lipinski definition) is 7. The van der Waals surface area contributed by atoms with Crippen LogP contribution in [0.25, 0.3) is 10.9 Å². The van der Waals surface area contributed by atoms with E-state index >= 15 is 0 Å². The first-order valence-electron chi connectivity index (χ1n) is 9.72. The standard InChI is InChI=1S/C22H20ClN5O4S/c1-27(2)22(29)17-13-28(33(30,31)15-5-4-10-24-12-15)19-11-14(6-7-16(17)19)25-18-8-9-20(32-3)26-21(18)23/h4-13,25H,1-3H3. The number of halogens is 1. The van der Waals surface area contributed by atoms with Crippen molar-refractivity contribution in [2.75, 3.05) is 26.5 Å². The zero-order valence-corrected chi connectivity index (χ0v) is 19.6. The fraction of sp³-hybridized carbons (Fsp3) is 0.136. The highest BCUT2D eigenvalue weighted by atomic mass is 35.5. The van der Waals surface area contributed by atoms with E-state index in [2.05, 4.69) is 15.3 Å². The van der Waals surface area contributed by atoms with Crippen LogP contribution in [-0.2, 0) is 10.0 Å². The van der Waals surface area contributed by atoms with Gasteiger partial charge in [0, 0.05) is 49.8 Å². The van der Waals surface area contributed by atoms with E-state index in [-0.39, 0.29) is 21.5 Å². The molecule has 0 unspecified atom stereocenters. The Labute approximate surface area is 195 Å². The van der Waals surface area contributed by atoms with E-state index in [1.807, 2.05) is 0 Å². The van der Waals surface area contributed by atoms with Crippen LogP contribution in [0.3, 0.4) is 0 Å². The summed E-state index contributed by atoms with van der Waals surface area (Å²) in [6.07, 6.45) is 4.09. The maximum atomic E-state index is 13.4. The van der Waals surface area contributed by atoms with E-state index in [9.17, 15) is 13.2 Å². The van der Waals surface area contributed by atoms with Crippen LogP contribution < -0.4 is 10.1 Å². The third kappa shape index (κ3) is 4.22. The Morgan fingerprint density at radius 3 is 2.61 bits per heavy atom. The van der Waals surface area contributed by atoms with Gasteiger partial charge in [0.15, 0.2) is 5.15 Å². The fourth-order valence-electron chi connectivity index (χ4n) is 3.28. The molecule has 0 fully saturated rings. The predicted octanol–water partition coefficient (Wildman–Crippen LogP) is 3.78. The lowest BCUT2D eigenvalue weighted by molar-refractivity contribution is 0.0829. The summed E-state index contributed by atoms with van der Waals surface area (Å²) in [5.74, 6) is 0.0486. The normalized spacial score (nSPS) is 11.4. The van der Waals surface area contributed by atoms with Crippen molar-refractivity contribution in [3.8, 4) is 5.88 Å². The van der Waals surface area contributed by atoms with Crippen LogP contribution >= 0.6 is 11.6 Å². The zero-order valence-electron chi connectivity index (χ0n) is 18.0. The quantitative estimate of drug-likeness (QED) is 0.414. The van der Waals surface area contributed by atoms with Crippen LogP contribution in [0.1, 0.15) is 10.4 Å². The van der Waals surface area contributed by atoms with Crippen molar-refractivity contribution < 1.29 is 17.9 Å². The van der Waals surface area contributed by atoms with Crippen molar-refractivity contribution in [2.45, 2.75) is 4.90 Å². The number of anilines is 2. The highest BCUT2D eigenvalue weighted by Crippen LogP contribution is 2.32. The number of carbonyl (C=O) groups excluding carboxylic acids is 1. The summed E-state index contributed by atoms with van der Waals surface area (Å²) in [6, 6.07) is 11.4. The molecule has 4 rings (SSSR count). The molecule has 33 heavy (non-hydrogen) atoms. The van der Waals surface area contributed by atoms with Crippen LogP contribution in [0.5, 0.6) is 5.88 Å². The van der Waals surface area contributed by atoms with E-state index < -0.39 is 10.0 Å². The van der Waals surface area contributed by atoms with Gasteiger partial charge in [0.05, 0.1) is 23.9 Å². The van der Waals surface area contributed by atoms with Gasteiger partial charge >= 0.3 is 0 Å². The number of amides is 1. The average molecular weight is 486 g/mol. The molecule has 0 aliphatic heterocycles. The second-order valence-electron chi connectivity index (χ2n) is 7.28. The minimum absolute atomic E-state index is 0.00603. The lowest BCUT2D eigenvalue weighted by Gasteiger charge is -2.11. The summed E-state index contributed by atoms with van der Waals surface area (Å²) < 4.78 is 32.9. The molecule has 0 saturated heterocycles. The lowest BCUT2D eigenvalue weighted by Crippen LogP contribution is -2.21. The third-order valence-electron chi connectivity index (χ3n) is 4.91. The Balaban J connectivity index is 1.87. The largest absolute Gasteiger partial charge is 0.481 e. The number of hydrogen-bond donors (Lipinski definition) is 1. The number of methoxy groups -OCH3 is 1. The molecule has 11 heteroatoms. The molecule has 0 atom stereocenters. The minimum Gasteiger partial charge on any atom is -0.481 e. The van der Waals surface area contributed by atoms with Crippen LogP contribution in [-0.4, -0.2) is 54.4 Å². The second kappa shape index (κ2) is 8.72. The summed E-state index contributed by atoms with van der Waals surface area (Å²) in [7, 11) is 0.693. The van der Waals surface area contributed by atoms with Crippen LogP contribution in [0.4, 0.5) is 11.4 Å². The predicted molar refractivity (Wildman–Crippen MR) is 126 cm³/mol. The smallest absolute Gasteiger partial charge is 0.269 e. The van der Waals surface area contributed by atoms with Gasteiger partial charge in [-0.25, -0.2) is 12.4 Å². The minimum atomic E-state index is -4.01. The summed E-state index contributed by atoms with van der Waals surface area (Å²) >= 11 is 6.23. The van der Waals surface area contributed by atoms with E-state index in [1.165, 1.54) is 42.7 Å². The number of pyridine rings is 2. The molecule has 0 aliphatic carbocycles. The molecular weight excluding hydrogens is 466 g/mol. The maximum absolute atomic E-state index is 13.4. The molecule has 9 nitrogen and oxygen atoms in total. The number of fused-ring (bicyclic) bond motifs is 1. The summed E-state index contributed by atoms with van der Waals surface area (Å²) in [5.41, 5.74) is 1.65. The van der Waals surface area contributed by atoms with Gasteiger partial charge < -0.3 is 15.0 Å². The van der Waals surface area contributed by atoms with Gasteiger partial charge in [-0.2, -0.15) is 4.98 Å². The van der Waals surface area contributed by atoms with E-state index in [1.54, 1.807) is 44.4 Å². The maximum Gasteiger partial charge on any atom is 0.269 e. The number of nitrogens with zero attached hydrogens (tertiary/aromatic N) is 4. The van der Waals surface area contributed by atoms with Crippen molar-refractivity contribution >= 4 is 49.8 Å². The van der Waals surface area contributed by atoms with E-state index in [0.29, 0.717) is 28.2 Å². The van der Waals surface area contributed by atoms with Crippen molar-refractivity contribution in [2.24, 2.45) is 0 Å². The topological polar surface area (TPSA) is 106 Å². The van der Waals surface area contributed by atoms with Gasteiger partial charge in [0.2, 0.25) is 5.88 Å². The Bertz CT molecular complexity index is 1450. The molecule has 0 saturated carbocycles. The Kier molecular flexibility index (Phi) is 5.96. The Morgan fingerprint density at radius 1 is 1.18 bits per heavy atom. The Morgan fingerprint density at radius 2 is 1.97 bits per heavy atom. The molecule has 170 valence electrons. The van der Waals surface area contributed by atoms with Gasteiger partial charge in [-0.3, -0.25) is 9.78 Å². The zero-order chi connectivity index (χ0) is 23.8. The van der Waals surface area contributed by atoms with Crippen molar-refractivity contribution in [3.05, 3.63) is 71.8 Å². The number of benzene rings is 1. The Hall–Kier alpha value is -3.63. The number of aromatic nitrogens is 3. The van der Waals surface area contributed by atoms with Crippen LogP contribution in [0.15, 0.2) is 66.0 Å². The molecule has 1 N–H and O–H groups in total. The molecule has 0 spiro atoms. The number of carbonyl (C=O) groups is 1. The lowest BCUT2D eigenvalue weighted by atomic mass is 10.1. The van der Waals surface area contributed by atoms with Gasteiger partial charge in [-0.1, -0.05) is 11.6 Å². The molecule has 1 aromatic carbocycles. The van der Waals surface area contributed by atoms with Gasteiger partial charge in [-0.15, -0.1) is 0 Å². The molecular formula is C22H20ClN5O4S. The highest BCUT2D eigenvalue weighted by molar-refractivity contribution is 7.90. The van der Waals surface area contributed by atoms with Crippen molar-refractivity contribution in [1.29, 1.82) is 0 Å². The molecule has 3 heterocycles. The fourth-order valence-corrected chi connectivity index (χ4v) is 4.80. The first-order valence-corrected chi connectivity index (χ1v) is 11.5. The molecule has 0 bridgehead atoms. The summed E-state index contributed by atoms with van der Waals surface area (Å²) in [6.45, 7) is 0. The third-order valence-corrected chi connectivity index (χ3v) is 6.86. The first kappa shape index (κ1) is 22.6. The first-order chi connectivity index (χ1) is 15.7. The van der Waals surface area contributed by atoms with Crippen molar-refractivity contribution in [3.63, 3.8) is 0 Å². The van der Waals surface area contributed by atoms with Crippen LogP contribution in [0.2, 0.25) is 5.15 Å². The van der Waals surface area contributed by atoms with E-state index in [0.717, 1.165) is 3.97 Å². The molecule has 3 aromatic heterocycles. The van der Waals surface area contributed by atoms with Gasteiger partial charge in [0.1, 0.15) is 4.90 Å². The average Bonchev–Trinajstić information content (AvgIpc) is 3.20.